The summed E-state index contributed by atoms with van der Waals surface area (Å²) in [6.07, 6.45) is 5.17. The highest BCUT2D eigenvalue weighted by molar-refractivity contribution is 6.01. The van der Waals surface area contributed by atoms with Gasteiger partial charge < -0.3 is 15.2 Å². The monoisotopic (exact) mass is 509 g/mol. The van der Waals surface area contributed by atoms with Crippen LogP contribution in [0, 0.1) is 11.7 Å². The zero-order valence-electron chi connectivity index (χ0n) is 21.0. The number of rotatable bonds is 6. The smallest absolute Gasteiger partial charge is 0.269 e. The second-order valence-electron chi connectivity index (χ2n) is 10.00. The molecule has 1 saturated carbocycles. The van der Waals surface area contributed by atoms with Crippen LogP contribution < -0.4 is 10.9 Å². The van der Waals surface area contributed by atoms with Crippen molar-refractivity contribution in [1.82, 2.24) is 24.8 Å². The number of carbonyl (C=O) groups excluding carboxylic acids is 1. The van der Waals surface area contributed by atoms with Crippen molar-refractivity contribution in [2.24, 2.45) is 5.92 Å². The van der Waals surface area contributed by atoms with E-state index in [2.05, 4.69) is 27.1 Å². The zero-order chi connectivity index (χ0) is 25.9. The molecular formula is C27H32FN5O4. The standard InChI is InChI=1S/C27H32FN5O4/c1-17-2-8-20(9-3-17)30-26(35)22-24(34)23-25(29-16-21(31-23)18-4-6-19(28)7-5-18)33(27(22)36)11-10-32-12-14-37-15-13-32/h4-7,16-17,20,34H,2-3,8-15H2,1H3,(H,30,35)/t17-,20+. The van der Waals surface area contributed by atoms with Gasteiger partial charge in [0.1, 0.15) is 16.9 Å². The highest BCUT2D eigenvalue weighted by Crippen LogP contribution is 2.28. The number of amides is 1. The molecule has 1 aliphatic carbocycles. The molecule has 37 heavy (non-hydrogen) atoms. The van der Waals surface area contributed by atoms with E-state index < -0.39 is 17.2 Å². The lowest BCUT2D eigenvalue weighted by Crippen LogP contribution is -2.42. The van der Waals surface area contributed by atoms with Crippen LogP contribution in [0.15, 0.2) is 35.3 Å². The summed E-state index contributed by atoms with van der Waals surface area (Å²) in [5, 5.41) is 14.1. The summed E-state index contributed by atoms with van der Waals surface area (Å²) in [6, 6.07) is 5.71. The Morgan fingerprint density at radius 1 is 1.14 bits per heavy atom. The third-order valence-corrected chi connectivity index (χ3v) is 7.39. The molecule has 2 fully saturated rings. The third-order valence-electron chi connectivity index (χ3n) is 7.39. The van der Waals surface area contributed by atoms with Crippen molar-refractivity contribution in [3.05, 3.63) is 52.2 Å². The topological polar surface area (TPSA) is 110 Å². The van der Waals surface area contributed by atoms with Gasteiger partial charge in [0.05, 0.1) is 25.1 Å². The molecule has 5 rings (SSSR count). The van der Waals surface area contributed by atoms with Gasteiger partial charge in [-0.25, -0.2) is 14.4 Å². The zero-order valence-corrected chi connectivity index (χ0v) is 21.0. The Morgan fingerprint density at radius 2 is 1.84 bits per heavy atom. The molecule has 0 spiro atoms. The van der Waals surface area contributed by atoms with E-state index in [0.717, 1.165) is 38.8 Å². The fourth-order valence-electron chi connectivity index (χ4n) is 5.09. The Hall–Kier alpha value is -3.37. The third kappa shape index (κ3) is 5.50. The van der Waals surface area contributed by atoms with E-state index in [1.807, 2.05) is 0 Å². The van der Waals surface area contributed by atoms with Gasteiger partial charge >= 0.3 is 0 Å². The van der Waals surface area contributed by atoms with E-state index in [1.165, 1.54) is 22.9 Å². The molecule has 9 nitrogen and oxygen atoms in total. The maximum absolute atomic E-state index is 13.6. The first-order valence-corrected chi connectivity index (χ1v) is 12.9. The van der Waals surface area contributed by atoms with Gasteiger partial charge in [-0.05, 0) is 55.9 Å². The summed E-state index contributed by atoms with van der Waals surface area (Å²) in [6.45, 7) is 5.78. The van der Waals surface area contributed by atoms with Gasteiger partial charge in [-0.15, -0.1) is 0 Å². The van der Waals surface area contributed by atoms with Crippen LogP contribution in [0.25, 0.3) is 22.4 Å². The lowest BCUT2D eigenvalue weighted by atomic mass is 9.87. The quantitative estimate of drug-likeness (QED) is 0.526. The fraction of sp³-hybridized carbons (Fsp3) is 0.481. The molecule has 2 aliphatic rings. The number of ether oxygens (including phenoxy) is 1. The van der Waals surface area contributed by atoms with Crippen molar-refractivity contribution in [1.29, 1.82) is 0 Å². The molecule has 3 aromatic rings. The van der Waals surface area contributed by atoms with Crippen LogP contribution in [0.3, 0.4) is 0 Å². The average Bonchev–Trinajstić information content (AvgIpc) is 2.91. The van der Waals surface area contributed by atoms with Gasteiger partial charge in [-0.3, -0.25) is 19.1 Å². The molecule has 196 valence electrons. The number of morpholine rings is 1. The van der Waals surface area contributed by atoms with Crippen molar-refractivity contribution in [3.63, 3.8) is 0 Å². The highest BCUT2D eigenvalue weighted by Gasteiger charge is 2.27. The summed E-state index contributed by atoms with van der Waals surface area (Å²) in [7, 11) is 0. The lowest BCUT2D eigenvalue weighted by Gasteiger charge is -2.27. The van der Waals surface area contributed by atoms with E-state index in [4.69, 9.17) is 4.74 Å². The number of aromatic nitrogens is 3. The molecular weight excluding hydrogens is 477 g/mol. The van der Waals surface area contributed by atoms with Gasteiger partial charge in [-0.2, -0.15) is 0 Å². The molecule has 0 unspecified atom stereocenters. The molecule has 1 aliphatic heterocycles. The van der Waals surface area contributed by atoms with Gasteiger partial charge in [0, 0.05) is 37.8 Å². The Balaban J connectivity index is 1.54. The summed E-state index contributed by atoms with van der Waals surface area (Å²) in [5.41, 5.74) is 0.343. The second-order valence-corrected chi connectivity index (χ2v) is 10.00. The van der Waals surface area contributed by atoms with Crippen LogP contribution in [-0.2, 0) is 11.3 Å². The molecule has 0 radical (unpaired) electrons. The number of aromatic hydroxyl groups is 1. The van der Waals surface area contributed by atoms with Crippen LogP contribution in [0.4, 0.5) is 4.39 Å². The Labute approximate surface area is 214 Å². The first-order valence-electron chi connectivity index (χ1n) is 12.9. The first-order chi connectivity index (χ1) is 17.9. The lowest BCUT2D eigenvalue weighted by molar-refractivity contribution is 0.0364. The number of nitrogens with one attached hydrogen (secondary N) is 1. The van der Waals surface area contributed by atoms with E-state index >= 15 is 0 Å². The Bertz CT molecular complexity index is 1330. The molecule has 1 saturated heterocycles. The summed E-state index contributed by atoms with van der Waals surface area (Å²) >= 11 is 0. The number of fused-ring (bicyclic) bond motifs is 1. The van der Waals surface area contributed by atoms with Crippen LogP contribution in [0.2, 0.25) is 0 Å². The highest BCUT2D eigenvalue weighted by atomic mass is 19.1. The number of halogens is 1. The number of hydrogen-bond acceptors (Lipinski definition) is 7. The number of nitrogens with zero attached hydrogens (tertiary/aromatic N) is 4. The summed E-state index contributed by atoms with van der Waals surface area (Å²) < 4.78 is 20.3. The minimum absolute atomic E-state index is 0.0448. The van der Waals surface area contributed by atoms with E-state index in [1.54, 1.807) is 12.1 Å². The van der Waals surface area contributed by atoms with Crippen LogP contribution >= 0.6 is 0 Å². The van der Waals surface area contributed by atoms with Gasteiger partial charge in [-0.1, -0.05) is 6.92 Å². The second kappa shape index (κ2) is 10.9. The first kappa shape index (κ1) is 25.3. The predicted octanol–water partition coefficient (Wildman–Crippen LogP) is 2.94. The van der Waals surface area contributed by atoms with E-state index in [0.29, 0.717) is 36.9 Å². The van der Waals surface area contributed by atoms with Crippen molar-refractivity contribution < 1.29 is 19.0 Å². The number of pyridine rings is 1. The summed E-state index contributed by atoms with van der Waals surface area (Å²) in [4.78, 5) is 38.1. The van der Waals surface area contributed by atoms with Crippen molar-refractivity contribution >= 4 is 17.1 Å². The fourth-order valence-corrected chi connectivity index (χ4v) is 5.09. The molecule has 10 heteroatoms. The molecule has 3 heterocycles. The number of carbonyl (C=O) groups is 1. The van der Waals surface area contributed by atoms with Crippen LogP contribution in [0.5, 0.6) is 5.75 Å². The van der Waals surface area contributed by atoms with Crippen LogP contribution in [0.1, 0.15) is 43.0 Å². The maximum Gasteiger partial charge on any atom is 0.269 e. The molecule has 2 aromatic heterocycles. The molecule has 0 bridgehead atoms. The minimum atomic E-state index is -0.599. The Kier molecular flexibility index (Phi) is 7.48. The van der Waals surface area contributed by atoms with Crippen molar-refractivity contribution in [2.75, 3.05) is 32.8 Å². The molecule has 1 aromatic carbocycles. The molecule has 1 amide bonds. The number of hydrogen-bond donors (Lipinski definition) is 2. The normalized spacial score (nSPS) is 20.7. The van der Waals surface area contributed by atoms with Crippen LogP contribution in [-0.4, -0.2) is 69.3 Å². The average molecular weight is 510 g/mol. The largest absolute Gasteiger partial charge is 0.505 e. The SMILES string of the molecule is C[C@H]1CC[C@@H](NC(=O)c2c(O)c3nc(-c4ccc(F)cc4)cnc3n(CCN3CCOCC3)c2=O)CC1. The minimum Gasteiger partial charge on any atom is -0.505 e. The van der Waals surface area contributed by atoms with E-state index in [-0.39, 0.29) is 35.1 Å². The van der Waals surface area contributed by atoms with Crippen molar-refractivity contribution in [3.8, 4) is 17.0 Å². The predicted molar refractivity (Wildman–Crippen MR) is 137 cm³/mol. The van der Waals surface area contributed by atoms with Gasteiger partial charge in [0.15, 0.2) is 11.4 Å². The molecule has 0 atom stereocenters. The van der Waals surface area contributed by atoms with Crippen molar-refractivity contribution in [2.45, 2.75) is 45.2 Å². The van der Waals surface area contributed by atoms with Gasteiger partial charge in [0.2, 0.25) is 0 Å². The number of benzene rings is 1. The Morgan fingerprint density at radius 3 is 2.54 bits per heavy atom. The molecule has 2 N–H and O–H groups in total. The maximum atomic E-state index is 13.6. The van der Waals surface area contributed by atoms with E-state index in [9.17, 15) is 19.1 Å². The summed E-state index contributed by atoms with van der Waals surface area (Å²) in [5.74, 6) is -0.855. The van der Waals surface area contributed by atoms with Gasteiger partial charge in [0.25, 0.3) is 11.5 Å².